The number of anilines is 1. The van der Waals surface area contributed by atoms with Gasteiger partial charge in [0.1, 0.15) is 0 Å². The average Bonchev–Trinajstić information content (AvgIpc) is 3.04. The monoisotopic (exact) mass is 289 g/mol. The molecular formula is C13H12ClN5O. The molecule has 0 fully saturated rings. The van der Waals surface area contributed by atoms with Crippen molar-refractivity contribution in [3.8, 4) is 22.8 Å². The van der Waals surface area contributed by atoms with Gasteiger partial charge in [-0.1, -0.05) is 29.8 Å². The summed E-state index contributed by atoms with van der Waals surface area (Å²) in [7, 11) is 0. The Hall–Kier alpha value is -2.34. The fraction of sp³-hybridized carbons (Fsp3) is 0.154. The SMILES string of the molecule is CCn1cc(-c2ccccc2Cl)nc1-c1nonc1N. The predicted molar refractivity (Wildman–Crippen MR) is 76.1 cm³/mol. The number of imidazole rings is 1. The number of nitrogen functional groups attached to an aromatic ring is 1. The maximum Gasteiger partial charge on any atom is 0.199 e. The van der Waals surface area contributed by atoms with E-state index >= 15 is 0 Å². The lowest BCUT2D eigenvalue weighted by atomic mass is 10.2. The van der Waals surface area contributed by atoms with E-state index in [1.54, 1.807) is 0 Å². The Labute approximate surface area is 120 Å². The van der Waals surface area contributed by atoms with Gasteiger partial charge < -0.3 is 10.3 Å². The smallest absolute Gasteiger partial charge is 0.199 e. The molecule has 0 saturated heterocycles. The van der Waals surface area contributed by atoms with E-state index in [1.165, 1.54) is 0 Å². The lowest BCUT2D eigenvalue weighted by molar-refractivity contribution is 0.310. The first kappa shape index (κ1) is 12.7. The molecule has 20 heavy (non-hydrogen) atoms. The van der Waals surface area contributed by atoms with Crippen molar-refractivity contribution in [1.29, 1.82) is 0 Å². The van der Waals surface area contributed by atoms with Gasteiger partial charge in [0.15, 0.2) is 17.3 Å². The first-order valence-electron chi connectivity index (χ1n) is 6.11. The van der Waals surface area contributed by atoms with Crippen LogP contribution in [0, 0.1) is 0 Å². The molecule has 2 aromatic heterocycles. The summed E-state index contributed by atoms with van der Waals surface area (Å²) < 4.78 is 6.56. The quantitative estimate of drug-likeness (QED) is 0.801. The van der Waals surface area contributed by atoms with Crippen molar-refractivity contribution in [3.63, 3.8) is 0 Å². The van der Waals surface area contributed by atoms with Crippen molar-refractivity contribution in [2.45, 2.75) is 13.5 Å². The van der Waals surface area contributed by atoms with Crippen molar-refractivity contribution < 1.29 is 4.63 Å². The Kier molecular flexibility index (Phi) is 3.15. The van der Waals surface area contributed by atoms with Crippen LogP contribution in [0.5, 0.6) is 0 Å². The summed E-state index contributed by atoms with van der Waals surface area (Å²) in [5.74, 6) is 0.831. The molecule has 0 unspecified atom stereocenters. The minimum atomic E-state index is 0.219. The standard InChI is InChI=1S/C13H12ClN5O/c1-2-19-7-10(8-5-3-4-6-9(8)14)16-13(19)11-12(15)18-20-17-11/h3-7H,2H2,1H3,(H2,15,18). The summed E-state index contributed by atoms with van der Waals surface area (Å²) in [5, 5.41) is 8.02. The van der Waals surface area contributed by atoms with Gasteiger partial charge in [-0.3, -0.25) is 0 Å². The van der Waals surface area contributed by atoms with Gasteiger partial charge in [-0.05, 0) is 23.3 Å². The number of nitrogens with two attached hydrogens (primary N) is 1. The van der Waals surface area contributed by atoms with Crippen LogP contribution in [0.3, 0.4) is 0 Å². The molecule has 0 saturated carbocycles. The van der Waals surface area contributed by atoms with Crippen LogP contribution in [0.4, 0.5) is 5.82 Å². The zero-order valence-electron chi connectivity index (χ0n) is 10.7. The highest BCUT2D eigenvalue weighted by molar-refractivity contribution is 6.33. The molecule has 1 aromatic carbocycles. The van der Waals surface area contributed by atoms with Crippen molar-refractivity contribution in [3.05, 3.63) is 35.5 Å². The van der Waals surface area contributed by atoms with Crippen molar-refractivity contribution in [2.75, 3.05) is 5.73 Å². The highest BCUT2D eigenvalue weighted by Gasteiger charge is 2.18. The van der Waals surface area contributed by atoms with Crippen molar-refractivity contribution in [2.24, 2.45) is 0 Å². The van der Waals surface area contributed by atoms with Crippen LogP contribution >= 0.6 is 11.6 Å². The minimum Gasteiger partial charge on any atom is -0.379 e. The Morgan fingerprint density at radius 1 is 1.30 bits per heavy atom. The lowest BCUT2D eigenvalue weighted by Crippen LogP contribution is -1.98. The Morgan fingerprint density at radius 2 is 2.10 bits per heavy atom. The molecule has 3 aromatic rings. The second kappa shape index (κ2) is 4.97. The van der Waals surface area contributed by atoms with Crippen LogP contribution in [-0.4, -0.2) is 19.9 Å². The zero-order chi connectivity index (χ0) is 14.1. The summed E-state index contributed by atoms with van der Waals surface area (Å²) in [6.07, 6.45) is 1.91. The van der Waals surface area contributed by atoms with Crippen LogP contribution in [0.25, 0.3) is 22.8 Å². The van der Waals surface area contributed by atoms with E-state index < -0.39 is 0 Å². The van der Waals surface area contributed by atoms with E-state index in [-0.39, 0.29) is 5.82 Å². The molecule has 0 aliphatic rings. The van der Waals surface area contributed by atoms with E-state index in [9.17, 15) is 0 Å². The summed E-state index contributed by atoms with van der Waals surface area (Å²) in [6.45, 7) is 2.73. The summed E-state index contributed by atoms with van der Waals surface area (Å²) in [4.78, 5) is 4.55. The van der Waals surface area contributed by atoms with E-state index in [2.05, 4.69) is 19.9 Å². The number of nitrogens with zero attached hydrogens (tertiary/aromatic N) is 4. The second-order valence-corrected chi connectivity index (χ2v) is 4.62. The maximum atomic E-state index is 6.20. The molecule has 0 bridgehead atoms. The number of hydrogen-bond donors (Lipinski definition) is 1. The van der Waals surface area contributed by atoms with Crippen LogP contribution in [0.15, 0.2) is 35.1 Å². The molecule has 2 N–H and O–H groups in total. The third-order valence-electron chi connectivity index (χ3n) is 2.99. The van der Waals surface area contributed by atoms with Gasteiger partial charge >= 0.3 is 0 Å². The van der Waals surface area contributed by atoms with Gasteiger partial charge in [0.25, 0.3) is 0 Å². The summed E-state index contributed by atoms with van der Waals surface area (Å²) in [5.41, 5.74) is 7.78. The maximum absolute atomic E-state index is 6.20. The van der Waals surface area contributed by atoms with Crippen molar-refractivity contribution >= 4 is 17.4 Å². The van der Waals surface area contributed by atoms with Crippen molar-refractivity contribution in [1.82, 2.24) is 19.9 Å². The molecule has 0 spiro atoms. The Balaban J connectivity index is 2.15. The van der Waals surface area contributed by atoms with Crippen LogP contribution in [0.2, 0.25) is 5.02 Å². The van der Waals surface area contributed by atoms with Gasteiger partial charge in [0, 0.05) is 18.3 Å². The highest BCUT2D eigenvalue weighted by atomic mass is 35.5. The number of aromatic nitrogens is 4. The Morgan fingerprint density at radius 3 is 2.75 bits per heavy atom. The molecule has 0 radical (unpaired) electrons. The first-order valence-corrected chi connectivity index (χ1v) is 6.49. The predicted octanol–water partition coefficient (Wildman–Crippen LogP) is 2.86. The number of halogens is 1. The molecule has 7 heteroatoms. The molecule has 6 nitrogen and oxygen atoms in total. The zero-order valence-corrected chi connectivity index (χ0v) is 11.5. The van der Waals surface area contributed by atoms with E-state index in [0.29, 0.717) is 16.5 Å². The summed E-state index contributed by atoms with van der Waals surface area (Å²) in [6, 6.07) is 7.54. The van der Waals surface area contributed by atoms with Gasteiger partial charge in [-0.15, -0.1) is 0 Å². The minimum absolute atomic E-state index is 0.219. The number of aryl methyl sites for hydroxylation is 1. The molecular weight excluding hydrogens is 278 g/mol. The number of benzene rings is 1. The molecule has 0 amide bonds. The van der Waals surface area contributed by atoms with Gasteiger partial charge in [0.05, 0.1) is 10.7 Å². The third kappa shape index (κ3) is 2.04. The van der Waals surface area contributed by atoms with E-state index in [1.807, 2.05) is 42.0 Å². The highest BCUT2D eigenvalue weighted by Crippen LogP contribution is 2.30. The third-order valence-corrected chi connectivity index (χ3v) is 3.32. The molecule has 2 heterocycles. The number of hydrogen-bond acceptors (Lipinski definition) is 5. The average molecular weight is 290 g/mol. The fourth-order valence-electron chi connectivity index (χ4n) is 2.00. The normalized spacial score (nSPS) is 10.9. The second-order valence-electron chi connectivity index (χ2n) is 4.21. The number of rotatable bonds is 3. The summed E-state index contributed by atoms with van der Waals surface area (Å²) >= 11 is 6.20. The largest absolute Gasteiger partial charge is 0.379 e. The van der Waals surface area contributed by atoms with Gasteiger partial charge in [0.2, 0.25) is 0 Å². The molecule has 3 rings (SSSR count). The van der Waals surface area contributed by atoms with Crippen LogP contribution in [-0.2, 0) is 6.54 Å². The van der Waals surface area contributed by atoms with E-state index in [0.717, 1.165) is 17.8 Å². The van der Waals surface area contributed by atoms with Crippen LogP contribution in [0.1, 0.15) is 6.92 Å². The first-order chi connectivity index (χ1) is 9.70. The Bertz CT molecular complexity index is 749. The van der Waals surface area contributed by atoms with Crippen LogP contribution < -0.4 is 5.73 Å². The lowest BCUT2D eigenvalue weighted by Gasteiger charge is -1.99. The van der Waals surface area contributed by atoms with Gasteiger partial charge in [-0.2, -0.15) is 0 Å². The van der Waals surface area contributed by atoms with E-state index in [4.69, 9.17) is 17.3 Å². The molecule has 0 atom stereocenters. The molecule has 102 valence electrons. The van der Waals surface area contributed by atoms with Gasteiger partial charge in [-0.25, -0.2) is 9.61 Å². The molecule has 0 aliphatic heterocycles. The topological polar surface area (TPSA) is 82.8 Å². The molecule has 0 aliphatic carbocycles. The fourth-order valence-corrected chi connectivity index (χ4v) is 2.23.